The van der Waals surface area contributed by atoms with Crippen LogP contribution < -0.4 is 4.72 Å². The van der Waals surface area contributed by atoms with Crippen molar-refractivity contribution in [1.82, 2.24) is 13.9 Å². The third kappa shape index (κ3) is 3.71. The van der Waals surface area contributed by atoms with Crippen molar-refractivity contribution in [2.45, 2.75) is 33.4 Å². The lowest BCUT2D eigenvalue weighted by Gasteiger charge is -2.10. The van der Waals surface area contributed by atoms with Gasteiger partial charge in [0.2, 0.25) is 15.8 Å². The summed E-state index contributed by atoms with van der Waals surface area (Å²) in [5, 5.41) is 4.08. The standard InChI is InChI=1S/C22H25N3O3S2/c1-4-24-19(14-16-10-13-29-22(16)24)21(26)20-15(2)25(12-7-11-23-30(3,27)28)18-9-6-5-8-17(18)20/h5-6,8-10,13-14,23H,4,7,11-12H2,1-3H3. The van der Waals surface area contributed by atoms with E-state index in [0.717, 1.165) is 45.2 Å². The number of nitrogens with one attached hydrogen (secondary N) is 1. The Morgan fingerprint density at radius 3 is 2.67 bits per heavy atom. The van der Waals surface area contributed by atoms with E-state index in [1.165, 1.54) is 0 Å². The molecule has 30 heavy (non-hydrogen) atoms. The van der Waals surface area contributed by atoms with Gasteiger partial charge >= 0.3 is 0 Å². The first-order valence-corrected chi connectivity index (χ1v) is 12.7. The third-order valence-corrected chi connectivity index (χ3v) is 7.11. The Hall–Kier alpha value is -2.42. The lowest BCUT2D eigenvalue weighted by molar-refractivity contribution is 0.103. The molecule has 3 heterocycles. The van der Waals surface area contributed by atoms with Crippen LogP contribution in [-0.4, -0.2) is 36.1 Å². The number of rotatable bonds is 8. The molecule has 0 aliphatic heterocycles. The Balaban J connectivity index is 1.74. The largest absolute Gasteiger partial charge is 0.344 e. The molecular formula is C22H25N3O3S2. The zero-order chi connectivity index (χ0) is 21.5. The summed E-state index contributed by atoms with van der Waals surface area (Å²) in [6.07, 6.45) is 1.80. The van der Waals surface area contributed by atoms with Crippen LogP contribution in [0, 0.1) is 6.92 Å². The Bertz CT molecular complexity index is 1340. The van der Waals surface area contributed by atoms with E-state index < -0.39 is 10.0 Å². The highest BCUT2D eigenvalue weighted by atomic mass is 32.2. The topological polar surface area (TPSA) is 73.1 Å². The van der Waals surface area contributed by atoms with Gasteiger partial charge in [0.05, 0.1) is 17.5 Å². The highest BCUT2D eigenvalue weighted by Crippen LogP contribution is 2.31. The van der Waals surface area contributed by atoms with E-state index in [9.17, 15) is 13.2 Å². The van der Waals surface area contributed by atoms with Crippen LogP contribution in [0.2, 0.25) is 0 Å². The molecular weight excluding hydrogens is 418 g/mol. The maximum Gasteiger partial charge on any atom is 0.211 e. The van der Waals surface area contributed by atoms with E-state index in [4.69, 9.17) is 0 Å². The minimum absolute atomic E-state index is 0.0296. The number of hydrogen-bond donors (Lipinski definition) is 1. The van der Waals surface area contributed by atoms with E-state index in [1.807, 2.05) is 48.7 Å². The number of nitrogens with zero attached hydrogens (tertiary/aromatic N) is 2. The highest BCUT2D eigenvalue weighted by molar-refractivity contribution is 7.88. The molecule has 3 aromatic heterocycles. The zero-order valence-electron chi connectivity index (χ0n) is 17.3. The fraction of sp³-hybridized carbons (Fsp3) is 0.318. The molecule has 0 bridgehead atoms. The SMILES string of the molecule is CCn1c(C(=O)c2c(C)n(CCCNS(C)(=O)=O)c3ccccc23)cc2ccsc21. The number of ketones is 1. The number of carbonyl (C=O) groups is 1. The van der Waals surface area contributed by atoms with Crippen molar-refractivity contribution in [3.63, 3.8) is 0 Å². The van der Waals surface area contributed by atoms with Crippen molar-refractivity contribution in [2.75, 3.05) is 12.8 Å². The summed E-state index contributed by atoms with van der Waals surface area (Å²) < 4.78 is 29.4. The Kier molecular flexibility index (Phi) is 5.57. The van der Waals surface area contributed by atoms with Gasteiger partial charge in [-0.25, -0.2) is 13.1 Å². The predicted molar refractivity (Wildman–Crippen MR) is 123 cm³/mol. The Labute approximate surface area is 180 Å². The summed E-state index contributed by atoms with van der Waals surface area (Å²) in [6, 6.07) is 12.0. The van der Waals surface area contributed by atoms with Gasteiger partial charge in [-0.2, -0.15) is 0 Å². The van der Waals surface area contributed by atoms with Gasteiger partial charge in [-0.05, 0) is 43.8 Å². The van der Waals surface area contributed by atoms with Crippen molar-refractivity contribution in [2.24, 2.45) is 0 Å². The number of aromatic nitrogens is 2. The minimum atomic E-state index is -3.21. The molecule has 0 spiro atoms. The van der Waals surface area contributed by atoms with Crippen LogP contribution in [0.3, 0.4) is 0 Å². The van der Waals surface area contributed by atoms with E-state index in [2.05, 4.69) is 20.8 Å². The summed E-state index contributed by atoms with van der Waals surface area (Å²) in [6.45, 7) is 5.76. The fourth-order valence-corrected chi connectivity index (χ4v) is 5.58. The molecule has 158 valence electrons. The summed E-state index contributed by atoms with van der Waals surface area (Å²) in [5.41, 5.74) is 3.34. The van der Waals surface area contributed by atoms with Crippen LogP contribution in [0.25, 0.3) is 21.1 Å². The fourth-order valence-electron chi connectivity index (χ4n) is 4.11. The first-order valence-electron chi connectivity index (χ1n) is 9.95. The van der Waals surface area contributed by atoms with Crippen molar-refractivity contribution in [1.29, 1.82) is 0 Å². The summed E-state index contributed by atoms with van der Waals surface area (Å²) in [4.78, 5) is 14.8. The van der Waals surface area contributed by atoms with Gasteiger partial charge in [0.1, 0.15) is 4.83 Å². The molecule has 4 rings (SSSR count). The van der Waals surface area contributed by atoms with Crippen molar-refractivity contribution >= 4 is 48.3 Å². The molecule has 0 saturated heterocycles. The van der Waals surface area contributed by atoms with Gasteiger partial charge in [-0.1, -0.05) is 18.2 Å². The number of sulfonamides is 1. The lowest BCUT2D eigenvalue weighted by atomic mass is 10.0. The average Bonchev–Trinajstić information content (AvgIpc) is 3.35. The Morgan fingerprint density at radius 2 is 1.93 bits per heavy atom. The van der Waals surface area contributed by atoms with Crippen LogP contribution in [0.4, 0.5) is 0 Å². The second-order valence-electron chi connectivity index (χ2n) is 7.43. The van der Waals surface area contributed by atoms with Crippen LogP contribution in [0.1, 0.15) is 35.1 Å². The molecule has 0 radical (unpaired) electrons. The molecule has 0 saturated carbocycles. The van der Waals surface area contributed by atoms with Crippen molar-refractivity contribution in [3.8, 4) is 0 Å². The predicted octanol–water partition coefficient (Wildman–Crippen LogP) is 4.16. The van der Waals surface area contributed by atoms with Gasteiger partial charge in [0.15, 0.2) is 0 Å². The molecule has 0 aliphatic carbocycles. The molecule has 4 aromatic rings. The third-order valence-electron chi connectivity index (χ3n) is 5.43. The maximum atomic E-state index is 13.7. The molecule has 8 heteroatoms. The number of para-hydroxylation sites is 1. The number of carbonyl (C=O) groups excluding carboxylic acids is 1. The van der Waals surface area contributed by atoms with Gasteiger partial charge in [0.25, 0.3) is 0 Å². The second-order valence-corrected chi connectivity index (χ2v) is 10.2. The average molecular weight is 444 g/mol. The van der Waals surface area contributed by atoms with Gasteiger partial charge < -0.3 is 9.13 Å². The van der Waals surface area contributed by atoms with Crippen LogP contribution >= 0.6 is 11.3 Å². The summed E-state index contributed by atoms with van der Waals surface area (Å²) in [5.74, 6) is 0.0296. The monoisotopic (exact) mass is 443 g/mol. The number of fused-ring (bicyclic) bond motifs is 2. The van der Waals surface area contributed by atoms with E-state index >= 15 is 0 Å². The lowest BCUT2D eigenvalue weighted by Crippen LogP contribution is -2.24. The van der Waals surface area contributed by atoms with Crippen LogP contribution in [0.15, 0.2) is 41.8 Å². The number of thiophene rings is 1. The highest BCUT2D eigenvalue weighted by Gasteiger charge is 2.24. The summed E-state index contributed by atoms with van der Waals surface area (Å²) >= 11 is 1.65. The zero-order valence-corrected chi connectivity index (χ0v) is 18.9. The maximum absolute atomic E-state index is 13.7. The molecule has 6 nitrogen and oxygen atoms in total. The smallest absolute Gasteiger partial charge is 0.211 e. The van der Waals surface area contributed by atoms with Crippen molar-refractivity contribution in [3.05, 3.63) is 58.7 Å². The molecule has 0 aliphatic rings. The van der Waals surface area contributed by atoms with E-state index in [0.29, 0.717) is 25.2 Å². The van der Waals surface area contributed by atoms with Gasteiger partial charge in [-0.15, -0.1) is 11.3 Å². The Morgan fingerprint density at radius 1 is 1.17 bits per heavy atom. The molecule has 0 amide bonds. The number of aryl methyl sites for hydroxylation is 2. The van der Waals surface area contributed by atoms with E-state index in [-0.39, 0.29) is 5.78 Å². The molecule has 1 aromatic carbocycles. The molecule has 1 N–H and O–H groups in total. The molecule has 0 fully saturated rings. The van der Waals surface area contributed by atoms with Gasteiger partial charge in [0, 0.05) is 41.6 Å². The van der Waals surface area contributed by atoms with Gasteiger partial charge in [-0.3, -0.25) is 4.79 Å². The molecule has 0 unspecified atom stereocenters. The van der Waals surface area contributed by atoms with Crippen LogP contribution in [-0.2, 0) is 23.1 Å². The first kappa shape index (κ1) is 20.8. The molecule has 0 atom stereocenters. The quantitative estimate of drug-likeness (QED) is 0.328. The number of hydrogen-bond acceptors (Lipinski definition) is 4. The van der Waals surface area contributed by atoms with E-state index in [1.54, 1.807) is 11.3 Å². The summed E-state index contributed by atoms with van der Waals surface area (Å²) in [7, 11) is -3.21. The number of benzene rings is 1. The normalized spacial score (nSPS) is 12.2. The minimum Gasteiger partial charge on any atom is -0.344 e. The van der Waals surface area contributed by atoms with Crippen LogP contribution in [0.5, 0.6) is 0 Å². The first-order chi connectivity index (χ1) is 14.3. The van der Waals surface area contributed by atoms with Crippen molar-refractivity contribution < 1.29 is 13.2 Å². The second kappa shape index (κ2) is 8.02.